The Morgan fingerprint density at radius 2 is 1.64 bits per heavy atom. The maximum absolute atomic E-state index is 13.0. The van der Waals surface area contributed by atoms with Gasteiger partial charge in [0.2, 0.25) is 17.7 Å². The van der Waals surface area contributed by atoms with Crippen LogP contribution < -0.4 is 21.7 Å². The first kappa shape index (κ1) is 28.4. The smallest absolute Gasteiger partial charge is 0.326 e. The molecular formula is C21H36N6O5S. The van der Waals surface area contributed by atoms with E-state index < -0.39 is 47.9 Å². The Morgan fingerprint density at radius 1 is 1.03 bits per heavy atom. The highest BCUT2D eigenvalue weighted by Crippen LogP contribution is 2.11. The lowest BCUT2D eigenvalue weighted by Crippen LogP contribution is -2.59. The lowest BCUT2D eigenvalue weighted by atomic mass is 9.97. The van der Waals surface area contributed by atoms with E-state index in [1.807, 2.05) is 20.8 Å². The van der Waals surface area contributed by atoms with E-state index in [0.717, 1.165) is 0 Å². The molecule has 0 saturated carbocycles. The Labute approximate surface area is 199 Å². The first-order valence-electron chi connectivity index (χ1n) is 11.0. The monoisotopic (exact) mass is 484 g/mol. The molecule has 0 aliphatic heterocycles. The lowest BCUT2D eigenvalue weighted by Gasteiger charge is -2.28. The van der Waals surface area contributed by atoms with Crippen LogP contribution in [-0.2, 0) is 25.6 Å². The third kappa shape index (κ3) is 8.69. The minimum absolute atomic E-state index is 0.00276. The summed E-state index contributed by atoms with van der Waals surface area (Å²) in [6.45, 7) is 7.36. The maximum Gasteiger partial charge on any atom is 0.326 e. The highest BCUT2D eigenvalue weighted by atomic mass is 32.1. The Kier molecular flexibility index (Phi) is 11.9. The quantitative estimate of drug-likeness (QED) is 0.179. The number of carboxylic acid groups (broad SMARTS) is 1. The number of amides is 3. The van der Waals surface area contributed by atoms with Crippen LogP contribution >= 0.6 is 12.6 Å². The number of hydrogen-bond donors (Lipinski definition) is 7. The second-order valence-electron chi connectivity index (χ2n) is 8.21. The Balaban J connectivity index is 2.91. The number of imidazole rings is 1. The molecule has 7 N–H and O–H groups in total. The summed E-state index contributed by atoms with van der Waals surface area (Å²) in [6, 6.07) is -4.00. The Bertz CT molecular complexity index is 790. The molecule has 0 radical (unpaired) electrons. The summed E-state index contributed by atoms with van der Waals surface area (Å²) >= 11 is 4.15. The molecule has 0 saturated heterocycles. The van der Waals surface area contributed by atoms with Gasteiger partial charge in [0.1, 0.15) is 18.1 Å². The molecule has 0 spiro atoms. The molecule has 0 aliphatic carbocycles. The fraction of sp³-hybridized carbons (Fsp3) is 0.667. The van der Waals surface area contributed by atoms with Gasteiger partial charge in [-0.05, 0) is 11.8 Å². The standard InChI is InChI=1S/C21H36N6O5S/c1-5-11(3)16(22)19(29)26-15(9-33)18(28)27-17(12(4)6-2)20(30)25-14(21(31)32)7-13-8-23-10-24-13/h8,10-12,14-17,33H,5-7,9,22H2,1-4H3,(H,23,24)(H,25,30)(H,26,29)(H,27,28)(H,31,32). The van der Waals surface area contributed by atoms with Crippen LogP contribution in [0.4, 0.5) is 0 Å². The highest BCUT2D eigenvalue weighted by Gasteiger charge is 2.33. The first-order chi connectivity index (χ1) is 15.5. The average molecular weight is 485 g/mol. The van der Waals surface area contributed by atoms with Crippen LogP contribution in [0.5, 0.6) is 0 Å². The van der Waals surface area contributed by atoms with Crippen LogP contribution in [0.1, 0.15) is 46.2 Å². The molecule has 1 heterocycles. The topological polar surface area (TPSA) is 179 Å². The summed E-state index contributed by atoms with van der Waals surface area (Å²) in [5, 5.41) is 17.2. The molecule has 0 aliphatic rings. The SMILES string of the molecule is CCC(C)C(N)C(=O)NC(CS)C(=O)NC(C(=O)NC(Cc1cnc[nH]1)C(=O)O)C(C)CC. The van der Waals surface area contributed by atoms with Gasteiger partial charge in [0, 0.05) is 24.1 Å². The molecule has 1 rings (SSSR count). The molecule has 186 valence electrons. The first-order valence-corrected chi connectivity index (χ1v) is 11.7. The summed E-state index contributed by atoms with van der Waals surface area (Å²) in [6.07, 6.45) is 4.14. The van der Waals surface area contributed by atoms with Crippen molar-refractivity contribution in [2.45, 2.75) is 71.1 Å². The lowest BCUT2D eigenvalue weighted by molar-refractivity contribution is -0.142. The number of aliphatic carboxylic acids is 1. The predicted molar refractivity (Wildman–Crippen MR) is 126 cm³/mol. The average Bonchev–Trinajstić information content (AvgIpc) is 3.31. The minimum atomic E-state index is -1.22. The van der Waals surface area contributed by atoms with Crippen molar-refractivity contribution in [1.82, 2.24) is 25.9 Å². The molecular weight excluding hydrogens is 448 g/mol. The van der Waals surface area contributed by atoms with Crippen LogP contribution in [0.25, 0.3) is 0 Å². The van der Waals surface area contributed by atoms with Crippen molar-refractivity contribution in [3.05, 3.63) is 18.2 Å². The molecule has 0 aromatic carbocycles. The predicted octanol–water partition coefficient (Wildman–Crippen LogP) is -0.159. The Morgan fingerprint density at radius 3 is 2.12 bits per heavy atom. The number of nitrogens with one attached hydrogen (secondary N) is 4. The second-order valence-corrected chi connectivity index (χ2v) is 8.57. The van der Waals surface area contributed by atoms with Crippen molar-refractivity contribution in [2.24, 2.45) is 17.6 Å². The molecule has 0 fully saturated rings. The van der Waals surface area contributed by atoms with Gasteiger partial charge in [0.25, 0.3) is 0 Å². The third-order valence-electron chi connectivity index (χ3n) is 5.76. The summed E-state index contributed by atoms with van der Waals surface area (Å²) in [7, 11) is 0. The molecule has 12 heteroatoms. The van der Waals surface area contributed by atoms with Gasteiger partial charge in [-0.25, -0.2) is 9.78 Å². The number of carboxylic acids is 1. The molecule has 3 amide bonds. The van der Waals surface area contributed by atoms with Gasteiger partial charge in [-0.2, -0.15) is 12.6 Å². The van der Waals surface area contributed by atoms with Gasteiger partial charge >= 0.3 is 5.97 Å². The molecule has 6 atom stereocenters. The summed E-state index contributed by atoms with van der Waals surface area (Å²) in [4.78, 5) is 56.5. The fourth-order valence-corrected chi connectivity index (χ4v) is 3.27. The highest BCUT2D eigenvalue weighted by molar-refractivity contribution is 7.80. The number of rotatable bonds is 14. The van der Waals surface area contributed by atoms with Gasteiger partial charge in [-0.1, -0.05) is 40.5 Å². The van der Waals surface area contributed by atoms with E-state index in [-0.39, 0.29) is 24.0 Å². The summed E-state index contributed by atoms with van der Waals surface area (Å²) in [5.41, 5.74) is 6.48. The van der Waals surface area contributed by atoms with E-state index >= 15 is 0 Å². The zero-order chi connectivity index (χ0) is 25.1. The van der Waals surface area contributed by atoms with E-state index in [1.54, 1.807) is 6.92 Å². The number of H-pyrrole nitrogens is 1. The van der Waals surface area contributed by atoms with Crippen LogP contribution in [-0.4, -0.2) is 68.7 Å². The zero-order valence-corrected chi connectivity index (χ0v) is 20.4. The normalized spacial score (nSPS) is 16.5. The van der Waals surface area contributed by atoms with Gasteiger partial charge in [0.15, 0.2) is 0 Å². The number of aromatic nitrogens is 2. The van der Waals surface area contributed by atoms with E-state index in [9.17, 15) is 24.3 Å². The van der Waals surface area contributed by atoms with Crippen molar-refractivity contribution in [2.75, 3.05) is 5.75 Å². The number of carbonyl (C=O) groups excluding carboxylic acids is 3. The molecule has 6 unspecified atom stereocenters. The largest absolute Gasteiger partial charge is 0.480 e. The van der Waals surface area contributed by atoms with Gasteiger partial charge in [-0.3, -0.25) is 14.4 Å². The molecule has 1 aromatic heterocycles. The van der Waals surface area contributed by atoms with Crippen LogP contribution in [0.2, 0.25) is 0 Å². The minimum Gasteiger partial charge on any atom is -0.480 e. The molecule has 1 aromatic rings. The van der Waals surface area contributed by atoms with Crippen molar-refractivity contribution in [3.8, 4) is 0 Å². The number of hydrogen-bond acceptors (Lipinski definition) is 7. The van der Waals surface area contributed by atoms with Crippen LogP contribution in [0, 0.1) is 11.8 Å². The van der Waals surface area contributed by atoms with E-state index in [1.165, 1.54) is 12.5 Å². The number of carbonyl (C=O) groups is 4. The van der Waals surface area contributed by atoms with E-state index in [0.29, 0.717) is 18.5 Å². The van der Waals surface area contributed by atoms with Gasteiger partial charge in [-0.15, -0.1) is 0 Å². The molecule has 11 nitrogen and oxygen atoms in total. The van der Waals surface area contributed by atoms with Gasteiger partial charge in [0.05, 0.1) is 12.4 Å². The number of thiol groups is 1. The maximum atomic E-state index is 13.0. The van der Waals surface area contributed by atoms with E-state index in [4.69, 9.17) is 5.73 Å². The van der Waals surface area contributed by atoms with Crippen molar-refractivity contribution in [3.63, 3.8) is 0 Å². The summed E-state index contributed by atoms with van der Waals surface area (Å²) in [5.74, 6) is -3.30. The van der Waals surface area contributed by atoms with Gasteiger partial charge < -0.3 is 31.8 Å². The number of nitrogens with two attached hydrogens (primary N) is 1. The van der Waals surface area contributed by atoms with Crippen LogP contribution in [0.3, 0.4) is 0 Å². The summed E-state index contributed by atoms with van der Waals surface area (Å²) < 4.78 is 0. The zero-order valence-electron chi connectivity index (χ0n) is 19.5. The second kappa shape index (κ2) is 13.8. The third-order valence-corrected chi connectivity index (χ3v) is 6.13. The van der Waals surface area contributed by atoms with Crippen molar-refractivity contribution in [1.29, 1.82) is 0 Å². The number of aromatic amines is 1. The Hall–Kier alpha value is -2.60. The number of nitrogens with zero attached hydrogens (tertiary/aromatic N) is 1. The van der Waals surface area contributed by atoms with E-state index in [2.05, 4.69) is 38.5 Å². The van der Waals surface area contributed by atoms with Crippen molar-refractivity contribution < 1.29 is 24.3 Å². The fourth-order valence-electron chi connectivity index (χ4n) is 3.01. The molecule has 33 heavy (non-hydrogen) atoms. The molecule has 0 bridgehead atoms. The van der Waals surface area contributed by atoms with Crippen molar-refractivity contribution >= 4 is 36.3 Å². The van der Waals surface area contributed by atoms with Crippen LogP contribution in [0.15, 0.2) is 12.5 Å².